The van der Waals surface area contributed by atoms with E-state index in [0.717, 1.165) is 51.0 Å². The fourth-order valence-electron chi connectivity index (χ4n) is 5.96. The lowest BCUT2D eigenvalue weighted by Crippen LogP contribution is -2.46. The van der Waals surface area contributed by atoms with Crippen molar-refractivity contribution in [2.24, 2.45) is 0 Å². The van der Waals surface area contributed by atoms with Crippen molar-refractivity contribution in [2.75, 3.05) is 26.2 Å². The van der Waals surface area contributed by atoms with E-state index in [-0.39, 0.29) is 23.6 Å². The average molecular weight is 519 g/mol. The summed E-state index contributed by atoms with van der Waals surface area (Å²) in [7, 11) is 0. The summed E-state index contributed by atoms with van der Waals surface area (Å²) in [4.78, 5) is 17.8. The molecule has 0 saturated carbocycles. The quantitative estimate of drug-likeness (QED) is 0.296. The molecule has 2 aliphatic rings. The zero-order valence-corrected chi connectivity index (χ0v) is 22.9. The minimum absolute atomic E-state index is 0.101. The van der Waals surface area contributed by atoms with Gasteiger partial charge in [-0.15, -0.1) is 0 Å². The standard InChI is InChI=1S/C34H38N4O/c1-2-32(30-18-17-26-11-9-10-16-29(26)23-30)36-34(39)31(24-35)25-37-19-21-38(22-20-37)33(27-12-5-3-6-13-27)28-14-7-4-8-15-28/h3-8,12-15,17-18,23,25,32-33H,2,9-11,16,19-22H2,1H3,(H,36,39)/b31-25-. The van der Waals surface area contributed by atoms with Crippen molar-refractivity contribution in [1.82, 2.24) is 15.1 Å². The van der Waals surface area contributed by atoms with Gasteiger partial charge in [0.2, 0.25) is 0 Å². The zero-order chi connectivity index (χ0) is 27.0. The van der Waals surface area contributed by atoms with Crippen LogP contribution in [-0.2, 0) is 17.6 Å². The van der Waals surface area contributed by atoms with Crippen molar-refractivity contribution in [1.29, 1.82) is 5.26 Å². The van der Waals surface area contributed by atoms with E-state index < -0.39 is 0 Å². The van der Waals surface area contributed by atoms with Crippen molar-refractivity contribution >= 4 is 5.91 Å². The van der Waals surface area contributed by atoms with Crippen molar-refractivity contribution < 1.29 is 4.79 Å². The number of rotatable bonds is 8. The molecule has 3 aromatic carbocycles. The summed E-state index contributed by atoms with van der Waals surface area (Å²) in [5, 5.41) is 13.0. The lowest BCUT2D eigenvalue weighted by Gasteiger charge is -2.39. The van der Waals surface area contributed by atoms with Crippen LogP contribution in [0.1, 0.15) is 66.1 Å². The molecule has 3 aromatic rings. The molecule has 1 aliphatic heterocycles. The van der Waals surface area contributed by atoms with Crippen LogP contribution in [0.25, 0.3) is 0 Å². The molecule has 1 saturated heterocycles. The molecule has 1 N–H and O–H groups in total. The Hall–Kier alpha value is -3.88. The number of carbonyl (C=O) groups excluding carboxylic acids is 1. The van der Waals surface area contributed by atoms with E-state index in [1.807, 2.05) is 0 Å². The summed E-state index contributed by atoms with van der Waals surface area (Å²) in [6.07, 6.45) is 7.27. The average Bonchev–Trinajstić information content (AvgIpc) is 3.00. The Morgan fingerprint density at radius 2 is 1.49 bits per heavy atom. The van der Waals surface area contributed by atoms with E-state index in [1.165, 1.54) is 35.1 Å². The summed E-state index contributed by atoms with van der Waals surface area (Å²) in [5.41, 5.74) is 6.69. The molecule has 1 atom stereocenters. The highest BCUT2D eigenvalue weighted by molar-refractivity contribution is 5.97. The lowest BCUT2D eigenvalue weighted by molar-refractivity contribution is -0.118. The smallest absolute Gasteiger partial charge is 0.263 e. The monoisotopic (exact) mass is 518 g/mol. The first-order chi connectivity index (χ1) is 19.2. The van der Waals surface area contributed by atoms with Crippen LogP contribution in [-0.4, -0.2) is 41.9 Å². The summed E-state index contributed by atoms with van der Waals surface area (Å²) in [6.45, 7) is 5.29. The van der Waals surface area contributed by atoms with Crippen molar-refractivity contribution in [3.8, 4) is 6.07 Å². The number of carbonyl (C=O) groups is 1. The molecule has 5 heteroatoms. The molecule has 5 rings (SSSR count). The first kappa shape index (κ1) is 26.7. The minimum Gasteiger partial charge on any atom is -0.374 e. The van der Waals surface area contributed by atoms with E-state index in [2.05, 4.69) is 107 Å². The van der Waals surface area contributed by atoms with Gasteiger partial charge >= 0.3 is 0 Å². The second-order valence-electron chi connectivity index (χ2n) is 10.6. The largest absolute Gasteiger partial charge is 0.374 e. The molecular formula is C34H38N4O. The van der Waals surface area contributed by atoms with Crippen molar-refractivity contribution in [3.05, 3.63) is 118 Å². The number of aryl methyl sites for hydroxylation is 2. The molecule has 1 heterocycles. The number of nitrogens with one attached hydrogen (secondary N) is 1. The Balaban J connectivity index is 1.25. The van der Waals surface area contributed by atoms with Crippen LogP contribution >= 0.6 is 0 Å². The van der Waals surface area contributed by atoms with Gasteiger partial charge in [-0.2, -0.15) is 5.26 Å². The fraction of sp³-hybridized carbons (Fsp3) is 0.353. The Labute approximate surface area is 232 Å². The zero-order valence-electron chi connectivity index (χ0n) is 22.9. The number of nitrogens with zero attached hydrogens (tertiary/aromatic N) is 3. The van der Waals surface area contributed by atoms with Crippen molar-refractivity contribution in [3.63, 3.8) is 0 Å². The number of amides is 1. The molecule has 1 unspecified atom stereocenters. The number of piperazine rings is 1. The number of nitriles is 1. The lowest BCUT2D eigenvalue weighted by atomic mass is 9.88. The van der Waals surface area contributed by atoms with Gasteiger partial charge < -0.3 is 10.2 Å². The Bertz CT molecular complexity index is 1280. The third-order valence-corrected chi connectivity index (χ3v) is 8.11. The highest BCUT2D eigenvalue weighted by Gasteiger charge is 2.26. The summed E-state index contributed by atoms with van der Waals surface area (Å²) < 4.78 is 0. The second-order valence-corrected chi connectivity index (χ2v) is 10.6. The van der Waals surface area contributed by atoms with Gasteiger partial charge in [0.15, 0.2) is 0 Å². The molecule has 39 heavy (non-hydrogen) atoms. The van der Waals surface area contributed by atoms with Gasteiger partial charge in [-0.25, -0.2) is 0 Å². The molecule has 0 bridgehead atoms. The molecule has 5 nitrogen and oxygen atoms in total. The third kappa shape index (κ3) is 6.41. The molecule has 1 aliphatic carbocycles. The van der Waals surface area contributed by atoms with E-state index >= 15 is 0 Å². The van der Waals surface area contributed by atoms with Crippen LogP contribution in [0.3, 0.4) is 0 Å². The fourth-order valence-corrected chi connectivity index (χ4v) is 5.96. The van der Waals surface area contributed by atoms with Gasteiger partial charge in [0, 0.05) is 32.4 Å². The van der Waals surface area contributed by atoms with Crippen LogP contribution in [0.4, 0.5) is 0 Å². The van der Waals surface area contributed by atoms with Gasteiger partial charge in [-0.05, 0) is 59.9 Å². The van der Waals surface area contributed by atoms with E-state index in [9.17, 15) is 10.1 Å². The summed E-state index contributed by atoms with van der Waals surface area (Å²) in [5.74, 6) is -0.295. The predicted molar refractivity (Wildman–Crippen MR) is 156 cm³/mol. The van der Waals surface area contributed by atoms with E-state index in [1.54, 1.807) is 6.20 Å². The molecule has 1 fully saturated rings. The van der Waals surface area contributed by atoms with Crippen LogP contribution in [0.15, 0.2) is 90.6 Å². The summed E-state index contributed by atoms with van der Waals surface area (Å²) in [6, 6.07) is 30.1. The first-order valence-corrected chi connectivity index (χ1v) is 14.3. The summed E-state index contributed by atoms with van der Waals surface area (Å²) >= 11 is 0. The van der Waals surface area contributed by atoms with Crippen molar-refractivity contribution in [2.45, 2.75) is 51.1 Å². The maximum Gasteiger partial charge on any atom is 0.263 e. The Kier molecular flexibility index (Phi) is 8.75. The second kappa shape index (κ2) is 12.8. The normalized spacial score (nSPS) is 16.8. The maximum absolute atomic E-state index is 13.2. The number of hydrogen-bond acceptors (Lipinski definition) is 4. The van der Waals surface area contributed by atoms with E-state index in [0.29, 0.717) is 0 Å². The Morgan fingerprint density at radius 3 is 2.08 bits per heavy atom. The van der Waals surface area contributed by atoms with Gasteiger partial charge in [-0.1, -0.05) is 85.8 Å². The van der Waals surface area contributed by atoms with E-state index in [4.69, 9.17) is 0 Å². The molecule has 0 aromatic heterocycles. The van der Waals surface area contributed by atoms with Crippen LogP contribution < -0.4 is 5.32 Å². The highest BCUT2D eigenvalue weighted by atomic mass is 16.1. The maximum atomic E-state index is 13.2. The minimum atomic E-state index is -0.295. The van der Waals surface area contributed by atoms with Crippen LogP contribution in [0.2, 0.25) is 0 Å². The van der Waals surface area contributed by atoms with Crippen LogP contribution in [0.5, 0.6) is 0 Å². The highest BCUT2D eigenvalue weighted by Crippen LogP contribution is 2.30. The van der Waals surface area contributed by atoms with Gasteiger partial charge in [0.05, 0.1) is 12.1 Å². The van der Waals surface area contributed by atoms with Gasteiger partial charge in [0.1, 0.15) is 11.6 Å². The predicted octanol–water partition coefficient (Wildman–Crippen LogP) is 5.95. The van der Waals surface area contributed by atoms with Gasteiger partial charge in [0.25, 0.3) is 5.91 Å². The molecule has 0 spiro atoms. The van der Waals surface area contributed by atoms with Gasteiger partial charge in [-0.3, -0.25) is 9.69 Å². The number of fused-ring (bicyclic) bond motifs is 1. The first-order valence-electron chi connectivity index (χ1n) is 14.3. The molecule has 1 amide bonds. The molecular weight excluding hydrogens is 480 g/mol. The SMILES string of the molecule is CCC(NC(=O)/C(C#N)=C\N1CCN(C(c2ccccc2)c2ccccc2)CC1)c1ccc2c(c1)CCCC2. The molecule has 0 radical (unpaired) electrons. The molecule has 200 valence electrons. The number of benzene rings is 3. The number of hydrogen-bond donors (Lipinski definition) is 1. The topological polar surface area (TPSA) is 59.4 Å². The van der Waals surface area contributed by atoms with Crippen LogP contribution in [0, 0.1) is 11.3 Å². The third-order valence-electron chi connectivity index (χ3n) is 8.11. The Morgan fingerprint density at radius 1 is 0.872 bits per heavy atom.